The van der Waals surface area contributed by atoms with E-state index in [1.54, 1.807) is 14.1 Å². The van der Waals surface area contributed by atoms with Crippen LogP contribution in [0, 0.1) is 20.8 Å². The number of amides is 1. The second-order valence-corrected chi connectivity index (χ2v) is 7.61. The smallest absolute Gasteiger partial charge is 0.291 e. The maximum atomic E-state index is 12.3. The normalized spacial score (nSPS) is 16.1. The van der Waals surface area contributed by atoms with Crippen molar-refractivity contribution < 1.29 is 4.79 Å². The maximum absolute atomic E-state index is 12.3. The Balaban J connectivity index is 1.77. The van der Waals surface area contributed by atoms with Gasteiger partial charge in [0, 0.05) is 62.8 Å². The monoisotopic (exact) mass is 398 g/mol. The molecule has 1 amide bonds. The van der Waals surface area contributed by atoms with E-state index in [-0.39, 0.29) is 17.8 Å². The van der Waals surface area contributed by atoms with Gasteiger partial charge in [-0.05, 0) is 34.1 Å². The molecule has 29 heavy (non-hydrogen) atoms. The van der Waals surface area contributed by atoms with Crippen LogP contribution in [0.25, 0.3) is 0 Å². The van der Waals surface area contributed by atoms with Gasteiger partial charge in [-0.3, -0.25) is 4.79 Å². The first-order valence-electron chi connectivity index (χ1n) is 9.96. The number of anilines is 3. The summed E-state index contributed by atoms with van der Waals surface area (Å²) in [6, 6.07) is 2.19. The van der Waals surface area contributed by atoms with E-state index in [2.05, 4.69) is 35.5 Å². The van der Waals surface area contributed by atoms with Crippen molar-refractivity contribution in [3.05, 3.63) is 28.8 Å². The third-order valence-corrected chi connectivity index (χ3v) is 4.99. The van der Waals surface area contributed by atoms with Gasteiger partial charge in [0.2, 0.25) is 11.8 Å². The Morgan fingerprint density at radius 1 is 1.21 bits per heavy atom. The zero-order valence-electron chi connectivity index (χ0n) is 18.1. The average molecular weight is 399 g/mol. The Hall–Kier alpha value is -2.97. The predicted octanol–water partition coefficient (Wildman–Crippen LogP) is 2.02. The first-order chi connectivity index (χ1) is 13.8. The van der Waals surface area contributed by atoms with Crippen LogP contribution >= 0.6 is 0 Å². The molecule has 0 radical (unpaired) electrons. The molecule has 3 heterocycles. The molecule has 0 bridgehead atoms. The second-order valence-electron chi connectivity index (χ2n) is 7.61. The SMILES string of the molecule is CCNc1nc(C)cc(N[C@@H]2CCN(c3nc(C(=O)N(C)C)nc(C)c3C)C2)n1. The van der Waals surface area contributed by atoms with Crippen LogP contribution in [0.15, 0.2) is 6.07 Å². The van der Waals surface area contributed by atoms with Gasteiger partial charge in [-0.1, -0.05) is 0 Å². The third kappa shape index (κ3) is 4.72. The zero-order valence-corrected chi connectivity index (χ0v) is 18.1. The first kappa shape index (κ1) is 20.8. The van der Waals surface area contributed by atoms with Gasteiger partial charge in [0.1, 0.15) is 11.6 Å². The van der Waals surface area contributed by atoms with Gasteiger partial charge in [0.05, 0.1) is 0 Å². The van der Waals surface area contributed by atoms with Crippen molar-refractivity contribution >= 4 is 23.5 Å². The van der Waals surface area contributed by atoms with Crippen LogP contribution in [0.3, 0.4) is 0 Å². The quantitative estimate of drug-likeness (QED) is 0.762. The molecule has 0 unspecified atom stereocenters. The molecule has 1 saturated heterocycles. The molecule has 1 fully saturated rings. The topological polar surface area (TPSA) is 99.2 Å². The molecule has 9 heteroatoms. The molecule has 1 aliphatic rings. The number of rotatable bonds is 6. The second kappa shape index (κ2) is 8.59. The van der Waals surface area contributed by atoms with Crippen LogP contribution in [-0.2, 0) is 0 Å². The molecule has 2 aromatic heterocycles. The minimum Gasteiger partial charge on any atom is -0.365 e. The summed E-state index contributed by atoms with van der Waals surface area (Å²) in [6.07, 6.45) is 0.957. The van der Waals surface area contributed by atoms with E-state index >= 15 is 0 Å². The van der Waals surface area contributed by atoms with Crippen LogP contribution in [0.4, 0.5) is 17.6 Å². The van der Waals surface area contributed by atoms with Gasteiger partial charge in [0.15, 0.2) is 0 Å². The lowest BCUT2D eigenvalue weighted by atomic mass is 10.2. The minimum atomic E-state index is -0.185. The number of carbonyl (C=O) groups is 1. The van der Waals surface area contributed by atoms with E-state index in [0.717, 1.165) is 54.6 Å². The number of nitrogens with one attached hydrogen (secondary N) is 2. The Labute approximate surface area is 172 Å². The summed E-state index contributed by atoms with van der Waals surface area (Å²) in [5, 5.41) is 6.68. The molecular formula is C20H30N8O. The van der Waals surface area contributed by atoms with Crippen molar-refractivity contribution in [1.29, 1.82) is 0 Å². The molecule has 0 spiro atoms. The highest BCUT2D eigenvalue weighted by atomic mass is 16.2. The molecular weight excluding hydrogens is 368 g/mol. The first-order valence-corrected chi connectivity index (χ1v) is 9.96. The van der Waals surface area contributed by atoms with Gasteiger partial charge in [0.25, 0.3) is 5.91 Å². The number of nitrogens with zero attached hydrogens (tertiary/aromatic N) is 6. The Morgan fingerprint density at radius 3 is 2.66 bits per heavy atom. The highest BCUT2D eigenvalue weighted by Crippen LogP contribution is 2.25. The largest absolute Gasteiger partial charge is 0.365 e. The van der Waals surface area contributed by atoms with E-state index in [0.29, 0.717) is 5.95 Å². The van der Waals surface area contributed by atoms with E-state index < -0.39 is 0 Å². The lowest BCUT2D eigenvalue weighted by Crippen LogP contribution is -2.30. The fourth-order valence-corrected chi connectivity index (χ4v) is 3.38. The molecule has 9 nitrogen and oxygen atoms in total. The lowest BCUT2D eigenvalue weighted by Gasteiger charge is -2.22. The van der Waals surface area contributed by atoms with Crippen LogP contribution in [-0.4, -0.2) is 70.5 Å². The average Bonchev–Trinajstić information content (AvgIpc) is 3.11. The van der Waals surface area contributed by atoms with Gasteiger partial charge in [-0.25, -0.2) is 15.0 Å². The van der Waals surface area contributed by atoms with Crippen molar-refractivity contribution in [3.8, 4) is 0 Å². The lowest BCUT2D eigenvalue weighted by molar-refractivity contribution is 0.0815. The van der Waals surface area contributed by atoms with Gasteiger partial charge < -0.3 is 20.4 Å². The molecule has 1 atom stereocenters. The van der Waals surface area contributed by atoms with Crippen LogP contribution < -0.4 is 15.5 Å². The number of aryl methyl sites for hydroxylation is 2. The van der Waals surface area contributed by atoms with Crippen molar-refractivity contribution in [2.24, 2.45) is 0 Å². The van der Waals surface area contributed by atoms with E-state index in [4.69, 9.17) is 0 Å². The third-order valence-electron chi connectivity index (χ3n) is 4.99. The fourth-order valence-electron chi connectivity index (χ4n) is 3.38. The van der Waals surface area contributed by atoms with Crippen LogP contribution in [0.5, 0.6) is 0 Å². The summed E-state index contributed by atoms with van der Waals surface area (Å²) in [7, 11) is 3.42. The van der Waals surface area contributed by atoms with Crippen molar-refractivity contribution in [1.82, 2.24) is 24.8 Å². The Bertz CT molecular complexity index is 898. The maximum Gasteiger partial charge on any atom is 0.291 e. The zero-order chi connectivity index (χ0) is 21.1. The van der Waals surface area contributed by atoms with Gasteiger partial charge in [-0.2, -0.15) is 4.98 Å². The molecule has 0 saturated carbocycles. The van der Waals surface area contributed by atoms with Crippen LogP contribution in [0.1, 0.15) is 40.9 Å². The van der Waals surface area contributed by atoms with E-state index in [9.17, 15) is 4.79 Å². The molecule has 0 aromatic carbocycles. The summed E-state index contributed by atoms with van der Waals surface area (Å²) >= 11 is 0. The van der Waals surface area contributed by atoms with Gasteiger partial charge >= 0.3 is 0 Å². The van der Waals surface area contributed by atoms with Crippen molar-refractivity contribution in [3.63, 3.8) is 0 Å². The number of aromatic nitrogens is 4. The fraction of sp³-hybridized carbons (Fsp3) is 0.550. The Morgan fingerprint density at radius 2 is 1.97 bits per heavy atom. The highest BCUT2D eigenvalue weighted by Gasteiger charge is 2.27. The summed E-state index contributed by atoms with van der Waals surface area (Å²) in [5.41, 5.74) is 2.76. The van der Waals surface area contributed by atoms with E-state index in [1.165, 1.54) is 4.90 Å². The molecule has 3 rings (SSSR count). The molecule has 0 aliphatic carbocycles. The van der Waals surface area contributed by atoms with Crippen molar-refractivity contribution in [2.75, 3.05) is 49.3 Å². The summed E-state index contributed by atoms with van der Waals surface area (Å²) < 4.78 is 0. The predicted molar refractivity (Wildman–Crippen MR) is 115 cm³/mol. The molecule has 1 aliphatic heterocycles. The highest BCUT2D eigenvalue weighted by molar-refractivity contribution is 5.90. The summed E-state index contributed by atoms with van der Waals surface area (Å²) in [4.78, 5) is 34.0. The Kier molecular flexibility index (Phi) is 6.14. The molecule has 156 valence electrons. The van der Waals surface area contributed by atoms with Crippen LogP contribution in [0.2, 0.25) is 0 Å². The number of carbonyl (C=O) groups excluding carboxylic acids is 1. The number of hydrogen-bond acceptors (Lipinski definition) is 8. The van der Waals surface area contributed by atoms with Gasteiger partial charge in [-0.15, -0.1) is 0 Å². The molecule has 2 aromatic rings. The molecule has 2 N–H and O–H groups in total. The summed E-state index contributed by atoms with van der Waals surface area (Å²) in [6.45, 7) is 10.3. The minimum absolute atomic E-state index is 0.185. The summed E-state index contributed by atoms with van der Waals surface area (Å²) in [5.74, 6) is 2.35. The van der Waals surface area contributed by atoms with Crippen molar-refractivity contribution in [2.45, 2.75) is 40.2 Å². The standard InChI is InChI=1S/C20H30N8O/c1-7-21-20-22-12(2)10-16(25-20)24-15-8-9-28(11-15)18-13(3)14(4)23-17(26-18)19(29)27(5)6/h10,15H,7-9,11H2,1-6H3,(H2,21,22,24,25)/t15-/m1/s1. The van der Waals surface area contributed by atoms with E-state index in [1.807, 2.05) is 33.8 Å². The number of hydrogen-bond donors (Lipinski definition) is 2.